The van der Waals surface area contributed by atoms with E-state index in [-0.39, 0.29) is 28.9 Å². The lowest BCUT2D eigenvalue weighted by Crippen LogP contribution is -2.16. The SMILES string of the molecule is C=CCn1c(COc2ccc(F)cc2Cl)nnc1SCC(=O)Nc1scc(-c2ccc(OC)cc2)c1C(=O)OC. The van der Waals surface area contributed by atoms with Crippen molar-refractivity contribution < 1.29 is 28.2 Å². The van der Waals surface area contributed by atoms with Crippen LogP contribution >= 0.6 is 34.7 Å². The number of ether oxygens (including phenoxy) is 3. The monoisotopic (exact) mass is 602 g/mol. The molecule has 0 spiro atoms. The number of halogens is 2. The zero-order valence-corrected chi connectivity index (χ0v) is 23.9. The van der Waals surface area contributed by atoms with Crippen molar-refractivity contribution >= 4 is 51.6 Å². The number of hydrogen-bond acceptors (Lipinski definition) is 9. The topological polar surface area (TPSA) is 105 Å². The van der Waals surface area contributed by atoms with Gasteiger partial charge in [-0.25, -0.2) is 9.18 Å². The van der Waals surface area contributed by atoms with Gasteiger partial charge in [0.05, 0.1) is 25.0 Å². The van der Waals surface area contributed by atoms with Crippen molar-refractivity contribution in [2.24, 2.45) is 0 Å². The standard InChI is InChI=1S/C27H24ClFN4O5S2/c1-4-11-33-22(13-38-21-10-7-17(29)12-20(21)28)31-32-27(33)40-15-23(34)30-25-24(26(35)37-3)19(14-39-25)16-5-8-18(36-2)9-6-16/h4-10,12,14H,1,11,13,15H2,2-3H3,(H,30,34). The largest absolute Gasteiger partial charge is 0.497 e. The maximum atomic E-state index is 13.3. The van der Waals surface area contributed by atoms with Crippen molar-refractivity contribution in [3.63, 3.8) is 0 Å². The molecular weight excluding hydrogens is 579 g/mol. The normalized spacial score (nSPS) is 10.7. The Labute approximate surface area is 242 Å². The first-order chi connectivity index (χ1) is 19.3. The van der Waals surface area contributed by atoms with Gasteiger partial charge >= 0.3 is 5.97 Å². The third kappa shape index (κ3) is 6.82. The number of rotatable bonds is 12. The van der Waals surface area contributed by atoms with Crippen molar-refractivity contribution in [3.05, 3.63) is 82.7 Å². The fourth-order valence-corrected chi connectivity index (χ4v) is 5.57. The number of methoxy groups -OCH3 is 2. The van der Waals surface area contributed by atoms with Crippen molar-refractivity contribution in [3.8, 4) is 22.6 Å². The molecule has 40 heavy (non-hydrogen) atoms. The van der Waals surface area contributed by atoms with E-state index in [1.807, 2.05) is 12.1 Å². The Balaban J connectivity index is 1.45. The first-order valence-corrected chi connectivity index (χ1v) is 14.0. The Bertz CT molecular complexity index is 1520. The molecule has 9 nitrogen and oxygen atoms in total. The highest BCUT2D eigenvalue weighted by molar-refractivity contribution is 7.99. The summed E-state index contributed by atoms with van der Waals surface area (Å²) in [7, 11) is 2.86. The third-order valence-electron chi connectivity index (χ3n) is 5.52. The number of carbonyl (C=O) groups is 2. The van der Waals surface area contributed by atoms with E-state index in [9.17, 15) is 14.0 Å². The Kier molecular flexibility index (Phi) is 9.80. The van der Waals surface area contributed by atoms with E-state index in [4.69, 9.17) is 25.8 Å². The molecule has 0 saturated heterocycles. The second-order valence-electron chi connectivity index (χ2n) is 8.07. The molecule has 0 atom stereocenters. The summed E-state index contributed by atoms with van der Waals surface area (Å²) in [5.41, 5.74) is 1.69. The molecule has 0 radical (unpaired) electrons. The van der Waals surface area contributed by atoms with Crippen LogP contribution in [0.1, 0.15) is 16.2 Å². The lowest BCUT2D eigenvalue weighted by atomic mass is 10.0. The van der Waals surface area contributed by atoms with E-state index >= 15 is 0 Å². The molecule has 0 saturated carbocycles. The molecule has 1 amide bonds. The van der Waals surface area contributed by atoms with E-state index in [0.29, 0.717) is 39.6 Å². The summed E-state index contributed by atoms with van der Waals surface area (Å²) in [4.78, 5) is 25.5. The fraction of sp³-hybridized carbons (Fsp3) is 0.185. The van der Waals surface area contributed by atoms with E-state index in [0.717, 1.165) is 23.4 Å². The maximum Gasteiger partial charge on any atom is 0.341 e. The highest BCUT2D eigenvalue weighted by Gasteiger charge is 2.23. The number of thiophene rings is 1. The maximum absolute atomic E-state index is 13.3. The minimum atomic E-state index is -0.563. The molecule has 0 aliphatic heterocycles. The van der Waals surface area contributed by atoms with Crippen LogP contribution in [0.5, 0.6) is 11.5 Å². The lowest BCUT2D eigenvalue weighted by molar-refractivity contribution is -0.113. The Morgan fingerprint density at radius 2 is 1.98 bits per heavy atom. The predicted molar refractivity (Wildman–Crippen MR) is 153 cm³/mol. The van der Waals surface area contributed by atoms with Crippen molar-refractivity contribution in [1.82, 2.24) is 14.8 Å². The van der Waals surface area contributed by atoms with Gasteiger partial charge in [-0.15, -0.1) is 28.1 Å². The van der Waals surface area contributed by atoms with Crippen LogP contribution in [0.15, 0.2) is 65.7 Å². The molecule has 0 bridgehead atoms. The van der Waals surface area contributed by atoms with Gasteiger partial charge in [-0.2, -0.15) is 0 Å². The fourth-order valence-electron chi connectivity index (χ4n) is 3.61. The Morgan fingerprint density at radius 3 is 2.65 bits per heavy atom. The predicted octanol–water partition coefficient (Wildman–Crippen LogP) is 6.09. The van der Waals surface area contributed by atoms with Gasteiger partial charge in [0, 0.05) is 17.5 Å². The number of hydrogen-bond donors (Lipinski definition) is 1. The number of carbonyl (C=O) groups excluding carboxylic acids is 2. The minimum Gasteiger partial charge on any atom is -0.497 e. The summed E-state index contributed by atoms with van der Waals surface area (Å²) in [6.07, 6.45) is 1.66. The van der Waals surface area contributed by atoms with Crippen molar-refractivity contribution in [1.29, 1.82) is 0 Å². The first kappa shape index (κ1) is 29.1. The van der Waals surface area contributed by atoms with Crippen LogP contribution in [0.3, 0.4) is 0 Å². The van der Waals surface area contributed by atoms with Crippen LogP contribution in [-0.4, -0.2) is 46.6 Å². The number of nitrogens with zero attached hydrogens (tertiary/aromatic N) is 3. The molecule has 4 aromatic rings. The van der Waals surface area contributed by atoms with E-state index in [1.165, 1.54) is 30.6 Å². The molecule has 2 aromatic heterocycles. The molecule has 1 N–H and O–H groups in total. The quantitative estimate of drug-likeness (QED) is 0.118. The zero-order chi connectivity index (χ0) is 28.6. The van der Waals surface area contributed by atoms with Gasteiger partial charge in [0.15, 0.2) is 11.0 Å². The smallest absolute Gasteiger partial charge is 0.341 e. The number of anilines is 1. The summed E-state index contributed by atoms with van der Waals surface area (Å²) in [5, 5.41) is 13.9. The number of amides is 1. The molecule has 2 heterocycles. The van der Waals surface area contributed by atoms with E-state index < -0.39 is 11.8 Å². The first-order valence-electron chi connectivity index (χ1n) is 11.7. The van der Waals surface area contributed by atoms with Crippen LogP contribution in [0.25, 0.3) is 11.1 Å². The number of aromatic nitrogens is 3. The van der Waals surface area contributed by atoms with Crippen molar-refractivity contribution in [2.75, 3.05) is 25.3 Å². The van der Waals surface area contributed by atoms with Gasteiger partial charge in [-0.3, -0.25) is 9.36 Å². The van der Waals surface area contributed by atoms with Crippen molar-refractivity contribution in [2.45, 2.75) is 18.3 Å². The Morgan fingerprint density at radius 1 is 1.20 bits per heavy atom. The number of nitrogens with one attached hydrogen (secondary N) is 1. The molecule has 208 valence electrons. The second kappa shape index (κ2) is 13.5. The molecule has 13 heteroatoms. The van der Waals surface area contributed by atoms with Crippen LogP contribution < -0.4 is 14.8 Å². The van der Waals surface area contributed by atoms with Gasteiger partial charge in [0.1, 0.15) is 34.5 Å². The third-order valence-corrected chi connectivity index (χ3v) is 7.68. The summed E-state index contributed by atoms with van der Waals surface area (Å²) in [6, 6.07) is 11.1. The molecule has 0 aliphatic rings. The summed E-state index contributed by atoms with van der Waals surface area (Å²) in [6.45, 7) is 4.15. The highest BCUT2D eigenvalue weighted by atomic mass is 35.5. The van der Waals surface area contributed by atoms with Crippen LogP contribution in [0.4, 0.5) is 9.39 Å². The van der Waals surface area contributed by atoms with Crippen LogP contribution in [0, 0.1) is 5.82 Å². The van der Waals surface area contributed by atoms with Gasteiger partial charge in [-0.05, 0) is 35.9 Å². The summed E-state index contributed by atoms with van der Waals surface area (Å²) in [5.74, 6) is 0.0736. The molecule has 0 aliphatic carbocycles. The van der Waals surface area contributed by atoms with E-state index in [1.54, 1.807) is 35.3 Å². The molecule has 0 unspecified atom stereocenters. The molecule has 4 rings (SSSR count). The number of thioether (sulfide) groups is 1. The van der Waals surface area contributed by atoms with Gasteiger partial charge in [0.25, 0.3) is 0 Å². The number of benzene rings is 2. The summed E-state index contributed by atoms with van der Waals surface area (Å²) >= 11 is 8.42. The average molecular weight is 603 g/mol. The number of esters is 1. The molecular formula is C27H24ClFN4O5S2. The Hall–Kier alpha value is -3.87. The number of allylic oxidation sites excluding steroid dienone is 1. The van der Waals surface area contributed by atoms with Gasteiger partial charge in [0.2, 0.25) is 5.91 Å². The van der Waals surface area contributed by atoms with Gasteiger partial charge in [-0.1, -0.05) is 41.6 Å². The lowest BCUT2D eigenvalue weighted by Gasteiger charge is -2.10. The highest BCUT2D eigenvalue weighted by Crippen LogP contribution is 2.37. The zero-order valence-electron chi connectivity index (χ0n) is 21.5. The summed E-state index contributed by atoms with van der Waals surface area (Å²) < 4.78 is 30.9. The minimum absolute atomic E-state index is 0.00367. The molecule has 2 aromatic carbocycles. The van der Waals surface area contributed by atoms with E-state index in [2.05, 4.69) is 22.1 Å². The van der Waals surface area contributed by atoms with Crippen LogP contribution in [0.2, 0.25) is 5.02 Å². The second-order valence-corrected chi connectivity index (χ2v) is 10.3. The average Bonchev–Trinajstić information content (AvgIpc) is 3.55. The van der Waals surface area contributed by atoms with Crippen LogP contribution in [-0.2, 0) is 22.7 Å². The molecule has 0 fully saturated rings. The van der Waals surface area contributed by atoms with Gasteiger partial charge < -0.3 is 19.5 Å².